The van der Waals surface area contributed by atoms with Gasteiger partial charge in [-0.25, -0.2) is 26.9 Å². The van der Waals surface area contributed by atoms with Crippen LogP contribution in [0.4, 0.5) is 17.6 Å². The molecule has 4 aliphatic rings. The van der Waals surface area contributed by atoms with Crippen LogP contribution in [-0.4, -0.2) is 19.1 Å². The van der Waals surface area contributed by atoms with E-state index in [0.717, 1.165) is 66.4 Å². The van der Waals surface area contributed by atoms with Crippen molar-refractivity contribution in [2.75, 3.05) is 0 Å². The van der Waals surface area contributed by atoms with E-state index in [1.807, 2.05) is 4.68 Å². The number of nitrogens with one attached hydrogen (secondary N) is 1. The number of halogens is 4. The second-order valence-electron chi connectivity index (χ2n) is 15.3. The summed E-state index contributed by atoms with van der Waals surface area (Å²) in [6, 6.07) is 6.59. The summed E-state index contributed by atoms with van der Waals surface area (Å²) in [5.74, 6) is -2.42. The van der Waals surface area contributed by atoms with Crippen molar-refractivity contribution in [1.29, 1.82) is 0 Å². The molecular formula is C37H40F4N4O2. The van der Waals surface area contributed by atoms with Crippen molar-refractivity contribution in [3.63, 3.8) is 0 Å². The third-order valence-electron chi connectivity index (χ3n) is 12.9. The van der Waals surface area contributed by atoms with Crippen molar-refractivity contribution in [2.24, 2.45) is 10.8 Å². The van der Waals surface area contributed by atoms with Crippen LogP contribution in [0, 0.1) is 34.1 Å². The Kier molecular flexibility index (Phi) is 6.68. The standard InChI is InChI=1S/C20H22F2N2O.C17H18F2N2O/c1-5-10-23-17-16(13-8-9-20(17,4)19(13,2)3)18(25)24(23)15-7-6-12(21)11-14(15)22;1-16(2)10-6-7-17(16,3)14-13(10)15(22)21(20-14)12-5-4-9(18)8-11(12)19/h5-7,11,13H,1,8-10H2,2-4H3;4-5,8,10,20H,6-7H2,1-3H3/t13-,20+;10-,17+/m11/s1. The molecule has 10 heteroatoms. The smallest absolute Gasteiger partial charge is 0.275 e. The number of allylic oxidation sites excluding steroid dienone is 1. The number of nitrogens with zero attached hydrogens (tertiary/aromatic N) is 3. The summed E-state index contributed by atoms with van der Waals surface area (Å²) in [6.45, 7) is 17.4. The van der Waals surface area contributed by atoms with Crippen molar-refractivity contribution in [1.82, 2.24) is 19.1 Å². The van der Waals surface area contributed by atoms with Crippen molar-refractivity contribution >= 4 is 0 Å². The van der Waals surface area contributed by atoms with Crippen molar-refractivity contribution < 1.29 is 17.6 Å². The summed E-state index contributed by atoms with van der Waals surface area (Å²) >= 11 is 0. The number of rotatable bonds is 4. The van der Waals surface area contributed by atoms with E-state index in [9.17, 15) is 27.2 Å². The molecule has 0 radical (unpaired) electrons. The molecular weight excluding hydrogens is 608 g/mol. The lowest BCUT2D eigenvalue weighted by Crippen LogP contribution is -2.36. The highest BCUT2D eigenvalue weighted by atomic mass is 19.1. The van der Waals surface area contributed by atoms with Gasteiger partial charge < -0.3 is 0 Å². The van der Waals surface area contributed by atoms with E-state index in [2.05, 4.69) is 53.2 Å². The molecule has 4 aromatic rings. The second-order valence-corrected chi connectivity index (χ2v) is 15.3. The van der Waals surface area contributed by atoms with Crippen LogP contribution < -0.4 is 11.1 Å². The van der Waals surface area contributed by atoms with Gasteiger partial charge in [-0.3, -0.25) is 19.4 Å². The van der Waals surface area contributed by atoms with Crippen LogP contribution in [0.15, 0.2) is 58.6 Å². The van der Waals surface area contributed by atoms with Gasteiger partial charge in [0.15, 0.2) is 11.6 Å². The zero-order chi connectivity index (χ0) is 34.0. The van der Waals surface area contributed by atoms with Crippen LogP contribution in [0.5, 0.6) is 0 Å². The highest BCUT2D eigenvalue weighted by Gasteiger charge is 2.63. The van der Waals surface area contributed by atoms with Crippen LogP contribution in [0.1, 0.15) is 102 Å². The molecule has 0 saturated heterocycles. The van der Waals surface area contributed by atoms with Gasteiger partial charge in [-0.15, -0.1) is 6.58 Å². The van der Waals surface area contributed by atoms with Gasteiger partial charge >= 0.3 is 0 Å². The first-order chi connectivity index (χ1) is 22.0. The molecule has 2 fully saturated rings. The summed E-state index contributed by atoms with van der Waals surface area (Å²) in [5, 5.41) is 3.11. The van der Waals surface area contributed by atoms with Crippen molar-refractivity contribution in [3.05, 3.63) is 116 Å². The molecule has 4 bridgehead atoms. The molecule has 2 saturated carbocycles. The fraction of sp³-hybridized carbons (Fsp3) is 0.459. The topological polar surface area (TPSA) is 64.7 Å². The maximum absolute atomic E-state index is 14.4. The first-order valence-electron chi connectivity index (χ1n) is 16.2. The zero-order valence-corrected chi connectivity index (χ0v) is 27.6. The highest BCUT2D eigenvalue weighted by Crippen LogP contribution is 2.68. The molecule has 47 heavy (non-hydrogen) atoms. The quantitative estimate of drug-likeness (QED) is 0.181. The number of H-pyrrole nitrogens is 1. The third-order valence-corrected chi connectivity index (χ3v) is 12.9. The minimum atomic E-state index is -0.737. The number of hydrogen-bond donors (Lipinski definition) is 1. The molecule has 8 rings (SSSR count). The predicted octanol–water partition coefficient (Wildman–Crippen LogP) is 7.90. The zero-order valence-electron chi connectivity index (χ0n) is 27.6. The fourth-order valence-corrected chi connectivity index (χ4v) is 9.56. The average molecular weight is 649 g/mol. The highest BCUT2D eigenvalue weighted by molar-refractivity contribution is 5.49. The monoisotopic (exact) mass is 648 g/mol. The van der Waals surface area contributed by atoms with Crippen LogP contribution >= 0.6 is 0 Å². The molecule has 2 aromatic heterocycles. The Morgan fingerprint density at radius 2 is 1.32 bits per heavy atom. The SMILES string of the molecule is C=CCn1c2c(c(=O)n1-c1ccc(F)cc1F)[C@H]1CC[C@]2(C)C1(C)C.CC1(C)[C@@H]2CC[C@@]1(C)c1[nH]n(-c3ccc(F)cc3F)c(=O)c12. The first-order valence-corrected chi connectivity index (χ1v) is 16.2. The Hall–Kier alpha value is -4.08. The van der Waals surface area contributed by atoms with Crippen LogP contribution in [-0.2, 0) is 17.4 Å². The van der Waals surface area contributed by atoms with Crippen molar-refractivity contribution in [2.45, 2.75) is 96.4 Å². The van der Waals surface area contributed by atoms with Gasteiger partial charge in [-0.2, -0.15) is 0 Å². The van der Waals surface area contributed by atoms with Crippen LogP contribution in [0.3, 0.4) is 0 Å². The van der Waals surface area contributed by atoms with Gasteiger partial charge in [0.05, 0.1) is 12.2 Å². The van der Waals surface area contributed by atoms with E-state index in [0.29, 0.717) is 6.54 Å². The van der Waals surface area contributed by atoms with E-state index in [1.165, 1.54) is 27.6 Å². The van der Waals surface area contributed by atoms with E-state index >= 15 is 0 Å². The molecule has 0 unspecified atom stereocenters. The summed E-state index contributed by atoms with van der Waals surface area (Å²) < 4.78 is 59.3. The van der Waals surface area contributed by atoms with E-state index in [-0.39, 0.29) is 56.0 Å². The van der Waals surface area contributed by atoms with Crippen LogP contribution in [0.25, 0.3) is 11.4 Å². The normalized spacial score (nSPS) is 27.0. The van der Waals surface area contributed by atoms with Gasteiger partial charge in [0.2, 0.25) is 0 Å². The Labute approximate surface area is 270 Å². The lowest BCUT2D eigenvalue weighted by Gasteiger charge is -2.36. The Morgan fingerprint density at radius 3 is 1.87 bits per heavy atom. The molecule has 0 amide bonds. The van der Waals surface area contributed by atoms with E-state index in [4.69, 9.17) is 0 Å². The largest absolute Gasteiger partial charge is 0.294 e. The van der Waals surface area contributed by atoms with E-state index < -0.39 is 23.3 Å². The van der Waals surface area contributed by atoms with Crippen molar-refractivity contribution in [3.8, 4) is 11.4 Å². The first kappa shape index (κ1) is 31.5. The Morgan fingerprint density at radius 1 is 0.787 bits per heavy atom. The maximum Gasteiger partial charge on any atom is 0.275 e. The average Bonchev–Trinajstić information content (AvgIpc) is 3.71. The molecule has 2 heterocycles. The second kappa shape index (κ2) is 9.97. The number of benzene rings is 2. The minimum absolute atomic E-state index is 0.0137. The third kappa shape index (κ3) is 3.90. The molecule has 0 aliphatic heterocycles. The molecule has 6 nitrogen and oxygen atoms in total. The molecule has 2 aromatic carbocycles. The lowest BCUT2D eigenvalue weighted by atomic mass is 9.70. The van der Waals surface area contributed by atoms with Gasteiger partial charge in [-0.05, 0) is 72.6 Å². The Bertz CT molecular complexity index is 2100. The number of aromatic amines is 1. The predicted molar refractivity (Wildman–Crippen MR) is 173 cm³/mol. The summed E-state index contributed by atoms with van der Waals surface area (Å²) in [4.78, 5) is 26.1. The molecule has 0 spiro atoms. The lowest BCUT2D eigenvalue weighted by molar-refractivity contribution is 0.216. The van der Waals surface area contributed by atoms with Gasteiger partial charge in [0.25, 0.3) is 11.1 Å². The minimum Gasteiger partial charge on any atom is -0.294 e. The van der Waals surface area contributed by atoms with Crippen LogP contribution in [0.2, 0.25) is 0 Å². The van der Waals surface area contributed by atoms with Gasteiger partial charge in [0, 0.05) is 39.8 Å². The number of aromatic nitrogens is 4. The van der Waals surface area contributed by atoms with Gasteiger partial charge in [0.1, 0.15) is 23.0 Å². The molecule has 1 N–H and O–H groups in total. The molecule has 4 atom stereocenters. The van der Waals surface area contributed by atoms with Gasteiger partial charge in [-0.1, -0.05) is 47.6 Å². The molecule has 4 aliphatic carbocycles. The summed E-state index contributed by atoms with van der Waals surface area (Å²) in [6.07, 6.45) is 5.68. The van der Waals surface area contributed by atoms with E-state index in [1.54, 1.807) is 6.08 Å². The Balaban J connectivity index is 0.000000151. The number of hydrogen-bond acceptors (Lipinski definition) is 2. The summed E-state index contributed by atoms with van der Waals surface area (Å²) in [5.41, 5.74) is 3.01. The number of fused-ring (bicyclic) bond motifs is 10. The maximum atomic E-state index is 14.4. The fourth-order valence-electron chi connectivity index (χ4n) is 9.56. The summed E-state index contributed by atoms with van der Waals surface area (Å²) in [7, 11) is 0. The molecule has 248 valence electrons.